The summed E-state index contributed by atoms with van der Waals surface area (Å²) >= 11 is 0. The molecule has 0 N–H and O–H groups in total. The second-order valence-electron chi connectivity index (χ2n) is 5.84. The van der Waals surface area contributed by atoms with Crippen molar-refractivity contribution >= 4 is 5.95 Å². The van der Waals surface area contributed by atoms with Crippen LogP contribution in [0.2, 0.25) is 0 Å². The van der Waals surface area contributed by atoms with E-state index < -0.39 is 5.82 Å². The Hall–Kier alpha value is -2.05. The lowest BCUT2D eigenvalue weighted by Crippen LogP contribution is -2.39. The highest BCUT2D eigenvalue weighted by Gasteiger charge is 2.36. The number of benzene rings is 1. The number of aromatic nitrogens is 2. The first-order valence-electron chi connectivity index (χ1n) is 8.16. The van der Waals surface area contributed by atoms with Gasteiger partial charge in [-0.15, -0.1) is 0 Å². The van der Waals surface area contributed by atoms with Crippen LogP contribution in [0.15, 0.2) is 42.7 Å². The first-order chi connectivity index (χ1) is 11.8. The number of methoxy groups -OCH3 is 1. The van der Waals surface area contributed by atoms with Crippen molar-refractivity contribution in [3.05, 3.63) is 54.1 Å². The van der Waals surface area contributed by atoms with Crippen LogP contribution in [0.5, 0.6) is 0 Å². The second kappa shape index (κ2) is 8.17. The maximum Gasteiger partial charge on any atom is 0.225 e. The predicted molar refractivity (Wildman–Crippen MR) is 89.5 cm³/mol. The molecule has 0 unspecified atom stereocenters. The van der Waals surface area contributed by atoms with Gasteiger partial charge in [0.2, 0.25) is 5.95 Å². The van der Waals surface area contributed by atoms with Crippen LogP contribution >= 0.6 is 0 Å². The Balaban J connectivity index is 1.77. The lowest BCUT2D eigenvalue weighted by Gasteiger charge is -2.28. The summed E-state index contributed by atoms with van der Waals surface area (Å²) in [5.74, 6) is 0.126. The molecule has 0 aliphatic carbocycles. The van der Waals surface area contributed by atoms with Crippen LogP contribution in [-0.2, 0) is 15.9 Å². The summed E-state index contributed by atoms with van der Waals surface area (Å²) in [6.07, 6.45) is 4.22. The molecular weight excluding hydrogens is 309 g/mol. The highest BCUT2D eigenvalue weighted by atomic mass is 19.1. The summed E-state index contributed by atoms with van der Waals surface area (Å²) in [4.78, 5) is 10.4. The molecule has 5 nitrogen and oxygen atoms in total. The average Bonchev–Trinajstić information content (AvgIpc) is 2.99. The maximum atomic E-state index is 13.1. The van der Waals surface area contributed by atoms with Gasteiger partial charge in [0.15, 0.2) is 5.82 Å². The van der Waals surface area contributed by atoms with Gasteiger partial charge >= 0.3 is 0 Å². The third kappa shape index (κ3) is 4.07. The van der Waals surface area contributed by atoms with Gasteiger partial charge in [-0.05, 0) is 18.4 Å². The zero-order valence-electron chi connectivity index (χ0n) is 13.8. The zero-order valence-corrected chi connectivity index (χ0v) is 13.8. The van der Waals surface area contributed by atoms with E-state index in [4.69, 9.17) is 9.47 Å². The first-order valence-corrected chi connectivity index (χ1v) is 8.16. The topological polar surface area (TPSA) is 47.5 Å². The molecule has 128 valence electrons. The molecule has 6 heteroatoms. The van der Waals surface area contributed by atoms with Gasteiger partial charge in [-0.2, -0.15) is 0 Å². The Morgan fingerprint density at radius 1 is 1.17 bits per heavy atom. The third-order valence-corrected chi connectivity index (χ3v) is 4.25. The van der Waals surface area contributed by atoms with Crippen molar-refractivity contribution in [1.82, 2.24) is 9.97 Å². The number of anilines is 1. The van der Waals surface area contributed by atoms with E-state index in [1.54, 1.807) is 7.11 Å². The quantitative estimate of drug-likeness (QED) is 0.730. The smallest absolute Gasteiger partial charge is 0.225 e. The molecule has 1 aliphatic heterocycles. The molecule has 2 aromatic rings. The molecule has 1 fully saturated rings. The maximum absolute atomic E-state index is 13.1. The first kappa shape index (κ1) is 16.8. The third-order valence-electron chi connectivity index (χ3n) is 4.25. The van der Waals surface area contributed by atoms with E-state index in [1.807, 2.05) is 18.2 Å². The summed E-state index contributed by atoms with van der Waals surface area (Å²) in [6.45, 7) is 1.92. The molecule has 0 spiro atoms. The van der Waals surface area contributed by atoms with E-state index in [0.717, 1.165) is 19.4 Å². The fourth-order valence-electron chi connectivity index (χ4n) is 3.10. The largest absolute Gasteiger partial charge is 0.382 e. The Labute approximate surface area is 141 Å². The standard InChI is InChI=1S/C18H22FN3O2/c1-23-9-10-24-17-7-8-22(18-20-12-15(19)13-21-18)16(17)11-14-5-3-2-4-6-14/h2-6,12-13,16-17H,7-11H2,1H3/t16-,17-/m0/s1. The normalized spacial score (nSPS) is 20.5. The average molecular weight is 331 g/mol. The molecule has 2 atom stereocenters. The van der Waals surface area contributed by atoms with Crippen molar-refractivity contribution < 1.29 is 13.9 Å². The van der Waals surface area contributed by atoms with Gasteiger partial charge in [0.05, 0.1) is 37.8 Å². The van der Waals surface area contributed by atoms with E-state index in [1.165, 1.54) is 18.0 Å². The molecule has 1 aliphatic rings. The van der Waals surface area contributed by atoms with Gasteiger partial charge in [0.25, 0.3) is 0 Å². The van der Waals surface area contributed by atoms with Crippen LogP contribution in [0.4, 0.5) is 10.3 Å². The molecule has 0 radical (unpaired) electrons. The van der Waals surface area contributed by atoms with Crippen LogP contribution in [0.3, 0.4) is 0 Å². The summed E-state index contributed by atoms with van der Waals surface area (Å²) in [6, 6.07) is 10.4. The van der Waals surface area contributed by atoms with Crippen LogP contribution in [-0.4, -0.2) is 49.0 Å². The van der Waals surface area contributed by atoms with Crippen molar-refractivity contribution in [2.45, 2.75) is 25.0 Å². The second-order valence-corrected chi connectivity index (χ2v) is 5.84. The number of ether oxygens (including phenoxy) is 2. The number of hydrogen-bond acceptors (Lipinski definition) is 5. The molecule has 24 heavy (non-hydrogen) atoms. The van der Waals surface area contributed by atoms with Crippen molar-refractivity contribution in [1.29, 1.82) is 0 Å². The Kier molecular flexibility index (Phi) is 5.72. The minimum atomic E-state index is -0.426. The highest BCUT2D eigenvalue weighted by Crippen LogP contribution is 2.27. The Bertz CT molecular complexity index is 624. The lowest BCUT2D eigenvalue weighted by molar-refractivity contribution is 0.0136. The monoisotopic (exact) mass is 331 g/mol. The molecule has 1 saturated heterocycles. The predicted octanol–water partition coefficient (Wildman–Crippen LogP) is 2.47. The number of nitrogens with zero attached hydrogens (tertiary/aromatic N) is 3. The van der Waals surface area contributed by atoms with E-state index in [0.29, 0.717) is 19.2 Å². The van der Waals surface area contributed by atoms with Crippen molar-refractivity contribution in [2.24, 2.45) is 0 Å². The van der Waals surface area contributed by atoms with Gasteiger partial charge in [-0.1, -0.05) is 30.3 Å². The number of halogens is 1. The van der Waals surface area contributed by atoms with Crippen molar-refractivity contribution in [2.75, 3.05) is 31.8 Å². The van der Waals surface area contributed by atoms with Crippen molar-refractivity contribution in [3.8, 4) is 0 Å². The Morgan fingerprint density at radius 3 is 2.62 bits per heavy atom. The number of hydrogen-bond donors (Lipinski definition) is 0. The molecule has 3 rings (SSSR count). The van der Waals surface area contributed by atoms with Gasteiger partial charge in [0.1, 0.15) is 0 Å². The van der Waals surface area contributed by atoms with E-state index in [-0.39, 0.29) is 12.1 Å². The fourth-order valence-corrected chi connectivity index (χ4v) is 3.10. The molecule has 0 saturated carbocycles. The van der Waals surface area contributed by atoms with E-state index in [9.17, 15) is 4.39 Å². The summed E-state index contributed by atoms with van der Waals surface area (Å²) < 4.78 is 24.2. The SMILES string of the molecule is COCCO[C@H]1CCN(c2ncc(F)cn2)[C@H]1Cc1ccccc1. The van der Waals surface area contributed by atoms with Gasteiger partial charge in [-0.3, -0.25) is 0 Å². The van der Waals surface area contributed by atoms with Crippen LogP contribution < -0.4 is 4.90 Å². The molecular formula is C18H22FN3O2. The van der Waals surface area contributed by atoms with Crippen molar-refractivity contribution in [3.63, 3.8) is 0 Å². The van der Waals surface area contributed by atoms with Gasteiger partial charge in [0, 0.05) is 13.7 Å². The minimum absolute atomic E-state index is 0.0778. The van der Waals surface area contributed by atoms with Gasteiger partial charge < -0.3 is 14.4 Å². The molecule has 0 bridgehead atoms. The van der Waals surface area contributed by atoms with Crippen LogP contribution in [0.25, 0.3) is 0 Å². The molecule has 1 aromatic heterocycles. The summed E-state index contributed by atoms with van der Waals surface area (Å²) in [7, 11) is 1.66. The molecule has 2 heterocycles. The van der Waals surface area contributed by atoms with E-state index >= 15 is 0 Å². The fraction of sp³-hybridized carbons (Fsp3) is 0.444. The van der Waals surface area contributed by atoms with E-state index in [2.05, 4.69) is 27.0 Å². The molecule has 0 amide bonds. The molecule has 1 aromatic carbocycles. The Morgan fingerprint density at radius 2 is 1.92 bits per heavy atom. The van der Waals surface area contributed by atoms with Crippen LogP contribution in [0, 0.1) is 5.82 Å². The number of rotatable bonds is 7. The summed E-state index contributed by atoms with van der Waals surface area (Å²) in [5, 5.41) is 0. The minimum Gasteiger partial charge on any atom is -0.382 e. The van der Waals surface area contributed by atoms with Gasteiger partial charge in [-0.25, -0.2) is 14.4 Å². The van der Waals surface area contributed by atoms with Crippen LogP contribution in [0.1, 0.15) is 12.0 Å². The lowest BCUT2D eigenvalue weighted by atomic mass is 10.0. The summed E-state index contributed by atoms with van der Waals surface area (Å²) in [5.41, 5.74) is 1.23. The highest BCUT2D eigenvalue weighted by molar-refractivity contribution is 5.35. The zero-order chi connectivity index (χ0) is 16.8.